The Morgan fingerprint density at radius 1 is 1.00 bits per heavy atom. The maximum absolute atomic E-state index is 9.33. The van der Waals surface area contributed by atoms with Gasteiger partial charge in [-0.15, -0.1) is 0 Å². The second-order valence-electron chi connectivity index (χ2n) is 3.60. The number of hydrogen-bond donors (Lipinski definition) is 2. The van der Waals surface area contributed by atoms with Gasteiger partial charge in [0.05, 0.1) is 0 Å². The molecule has 0 aliphatic heterocycles. The molecule has 0 bridgehead atoms. The van der Waals surface area contributed by atoms with Crippen molar-refractivity contribution < 1.29 is 5.11 Å². The summed E-state index contributed by atoms with van der Waals surface area (Å²) < 4.78 is 0. The van der Waals surface area contributed by atoms with Gasteiger partial charge in [-0.1, -0.05) is 35.3 Å². The first-order valence-corrected chi connectivity index (χ1v) is 5.88. The van der Waals surface area contributed by atoms with Gasteiger partial charge < -0.3 is 10.4 Å². The molecule has 88 valence electrons. The first-order valence-electron chi connectivity index (χ1n) is 5.12. The van der Waals surface area contributed by atoms with Crippen LogP contribution in [0, 0.1) is 0 Å². The van der Waals surface area contributed by atoms with Crippen LogP contribution in [-0.4, -0.2) is 5.11 Å². The summed E-state index contributed by atoms with van der Waals surface area (Å²) >= 11 is 12.1. The minimum absolute atomic E-state index is 0.222. The maximum atomic E-state index is 9.33. The van der Waals surface area contributed by atoms with Crippen LogP contribution in [-0.2, 0) is 6.54 Å². The van der Waals surface area contributed by atoms with Crippen LogP contribution < -0.4 is 5.32 Å². The molecular formula is C13H11Cl2NO. The van der Waals surface area contributed by atoms with Crippen molar-refractivity contribution in [3.05, 3.63) is 58.1 Å². The van der Waals surface area contributed by atoms with E-state index in [0.717, 1.165) is 11.3 Å². The zero-order valence-corrected chi connectivity index (χ0v) is 10.5. The first kappa shape index (κ1) is 12.1. The quantitative estimate of drug-likeness (QED) is 0.869. The van der Waals surface area contributed by atoms with Crippen molar-refractivity contribution in [1.29, 1.82) is 0 Å². The largest absolute Gasteiger partial charge is 0.508 e. The third-order valence-corrected chi connectivity index (χ3v) is 3.09. The van der Waals surface area contributed by atoms with E-state index in [1.807, 2.05) is 12.1 Å². The van der Waals surface area contributed by atoms with Gasteiger partial charge in [-0.3, -0.25) is 0 Å². The predicted octanol–water partition coefficient (Wildman–Crippen LogP) is 4.31. The van der Waals surface area contributed by atoms with Crippen LogP contribution in [0.2, 0.25) is 10.0 Å². The second-order valence-corrected chi connectivity index (χ2v) is 4.42. The minimum atomic E-state index is 0.222. The lowest BCUT2D eigenvalue weighted by atomic mass is 10.2. The number of anilines is 1. The molecule has 0 heterocycles. The van der Waals surface area contributed by atoms with Gasteiger partial charge >= 0.3 is 0 Å². The molecule has 0 amide bonds. The van der Waals surface area contributed by atoms with Gasteiger partial charge in [0.1, 0.15) is 5.75 Å². The topological polar surface area (TPSA) is 32.3 Å². The number of aromatic hydroxyl groups is 1. The van der Waals surface area contributed by atoms with Crippen molar-refractivity contribution in [3.8, 4) is 5.75 Å². The molecule has 0 fully saturated rings. The molecule has 0 aliphatic carbocycles. The fraction of sp³-hybridized carbons (Fsp3) is 0.0769. The SMILES string of the molecule is Oc1cccc(NCc2c(Cl)cccc2Cl)c1. The molecular weight excluding hydrogens is 257 g/mol. The fourth-order valence-corrected chi connectivity index (χ4v) is 2.04. The van der Waals surface area contributed by atoms with Gasteiger partial charge in [-0.2, -0.15) is 0 Å². The average molecular weight is 268 g/mol. The Balaban J connectivity index is 2.13. The Hall–Kier alpha value is -1.38. The highest BCUT2D eigenvalue weighted by Gasteiger charge is 2.04. The van der Waals surface area contributed by atoms with Crippen LogP contribution in [0.5, 0.6) is 5.75 Å². The average Bonchev–Trinajstić information content (AvgIpc) is 2.28. The first-order chi connectivity index (χ1) is 8.16. The summed E-state index contributed by atoms with van der Waals surface area (Å²) in [7, 11) is 0. The van der Waals surface area contributed by atoms with E-state index in [1.165, 1.54) is 0 Å². The molecule has 0 atom stereocenters. The van der Waals surface area contributed by atoms with Crippen molar-refractivity contribution in [2.24, 2.45) is 0 Å². The Labute approximate surface area is 110 Å². The van der Waals surface area contributed by atoms with Crippen molar-refractivity contribution in [3.63, 3.8) is 0 Å². The summed E-state index contributed by atoms with van der Waals surface area (Å²) in [5, 5.41) is 13.7. The van der Waals surface area contributed by atoms with Gasteiger partial charge in [0.15, 0.2) is 0 Å². The molecule has 2 aromatic rings. The van der Waals surface area contributed by atoms with Crippen molar-refractivity contribution in [2.75, 3.05) is 5.32 Å². The molecule has 0 saturated heterocycles. The Morgan fingerprint density at radius 2 is 1.65 bits per heavy atom. The normalized spacial score (nSPS) is 10.2. The molecule has 2 aromatic carbocycles. The Kier molecular flexibility index (Phi) is 3.77. The van der Waals surface area contributed by atoms with E-state index in [0.29, 0.717) is 16.6 Å². The summed E-state index contributed by atoms with van der Waals surface area (Å²) in [6, 6.07) is 12.3. The predicted molar refractivity (Wildman–Crippen MR) is 71.9 cm³/mol. The van der Waals surface area contributed by atoms with Crippen LogP contribution in [0.4, 0.5) is 5.69 Å². The Morgan fingerprint density at radius 3 is 2.29 bits per heavy atom. The molecule has 17 heavy (non-hydrogen) atoms. The lowest BCUT2D eigenvalue weighted by molar-refractivity contribution is 0.475. The van der Waals surface area contributed by atoms with Crippen LogP contribution in [0.25, 0.3) is 0 Å². The molecule has 2 rings (SSSR count). The van der Waals surface area contributed by atoms with Crippen LogP contribution >= 0.6 is 23.2 Å². The number of phenols is 1. The lowest BCUT2D eigenvalue weighted by Gasteiger charge is -2.09. The molecule has 4 heteroatoms. The van der Waals surface area contributed by atoms with Crippen molar-refractivity contribution in [2.45, 2.75) is 6.54 Å². The number of hydrogen-bond acceptors (Lipinski definition) is 2. The summed E-state index contributed by atoms with van der Waals surface area (Å²) in [6.45, 7) is 0.516. The molecule has 0 spiro atoms. The number of halogens is 2. The third-order valence-electron chi connectivity index (χ3n) is 2.38. The molecule has 2 nitrogen and oxygen atoms in total. The molecule has 0 unspecified atom stereocenters. The van der Waals surface area contributed by atoms with Crippen molar-refractivity contribution in [1.82, 2.24) is 0 Å². The number of nitrogens with one attached hydrogen (secondary N) is 1. The van der Waals surface area contributed by atoms with E-state index >= 15 is 0 Å². The maximum Gasteiger partial charge on any atom is 0.117 e. The van der Waals surface area contributed by atoms with E-state index in [4.69, 9.17) is 23.2 Å². The zero-order valence-electron chi connectivity index (χ0n) is 8.95. The number of phenolic OH excluding ortho intramolecular Hbond substituents is 1. The molecule has 0 saturated carbocycles. The summed E-state index contributed by atoms with van der Waals surface area (Å²) in [4.78, 5) is 0. The number of benzene rings is 2. The zero-order chi connectivity index (χ0) is 12.3. The van der Waals surface area contributed by atoms with Gasteiger partial charge in [-0.25, -0.2) is 0 Å². The highest BCUT2D eigenvalue weighted by atomic mass is 35.5. The van der Waals surface area contributed by atoms with Gasteiger partial charge in [0, 0.05) is 33.9 Å². The summed E-state index contributed by atoms with van der Waals surface area (Å²) in [5.41, 5.74) is 1.67. The van der Waals surface area contributed by atoms with Crippen LogP contribution in [0.1, 0.15) is 5.56 Å². The third kappa shape index (κ3) is 3.05. The van der Waals surface area contributed by atoms with Gasteiger partial charge in [0.2, 0.25) is 0 Å². The summed E-state index contributed by atoms with van der Waals surface area (Å²) in [6.07, 6.45) is 0. The standard InChI is InChI=1S/C13H11Cl2NO/c14-12-5-2-6-13(15)11(12)8-16-9-3-1-4-10(17)7-9/h1-7,16-17H,8H2. The molecule has 0 aliphatic rings. The number of rotatable bonds is 3. The fourth-order valence-electron chi connectivity index (χ4n) is 1.51. The Bertz CT molecular complexity index is 508. The van der Waals surface area contributed by atoms with Crippen LogP contribution in [0.3, 0.4) is 0 Å². The highest BCUT2D eigenvalue weighted by molar-refractivity contribution is 6.36. The van der Waals surface area contributed by atoms with Gasteiger partial charge in [0.25, 0.3) is 0 Å². The second kappa shape index (κ2) is 5.30. The highest BCUT2D eigenvalue weighted by Crippen LogP contribution is 2.25. The summed E-state index contributed by atoms with van der Waals surface area (Å²) in [5.74, 6) is 0.222. The monoisotopic (exact) mass is 267 g/mol. The van der Waals surface area contributed by atoms with E-state index in [1.54, 1.807) is 30.3 Å². The van der Waals surface area contributed by atoms with E-state index in [9.17, 15) is 5.11 Å². The molecule has 2 N–H and O–H groups in total. The van der Waals surface area contributed by atoms with E-state index in [-0.39, 0.29) is 5.75 Å². The minimum Gasteiger partial charge on any atom is -0.508 e. The van der Waals surface area contributed by atoms with Crippen LogP contribution in [0.15, 0.2) is 42.5 Å². The molecule has 0 aromatic heterocycles. The molecule has 0 radical (unpaired) electrons. The van der Waals surface area contributed by atoms with E-state index in [2.05, 4.69) is 5.32 Å². The lowest BCUT2D eigenvalue weighted by Crippen LogP contribution is -2.00. The van der Waals surface area contributed by atoms with E-state index < -0.39 is 0 Å². The smallest absolute Gasteiger partial charge is 0.117 e. The van der Waals surface area contributed by atoms with Crippen molar-refractivity contribution >= 4 is 28.9 Å². The van der Waals surface area contributed by atoms with Gasteiger partial charge in [-0.05, 0) is 24.3 Å².